The summed E-state index contributed by atoms with van der Waals surface area (Å²) in [7, 11) is 0. The number of amides is 1. The molecule has 0 radical (unpaired) electrons. The quantitative estimate of drug-likeness (QED) is 0.248. The van der Waals surface area contributed by atoms with Gasteiger partial charge in [-0.15, -0.1) is 0 Å². The van der Waals surface area contributed by atoms with E-state index in [2.05, 4.69) is 53.9 Å². The maximum atomic E-state index is 11.6. The Balaban J connectivity index is 1.33. The minimum Gasteiger partial charge on any atom is -0.489 e. The van der Waals surface area contributed by atoms with Crippen molar-refractivity contribution in [3.63, 3.8) is 0 Å². The van der Waals surface area contributed by atoms with Gasteiger partial charge in [-0.3, -0.25) is 10.0 Å². The lowest BCUT2D eigenvalue weighted by molar-refractivity contribution is 0.0706. The fourth-order valence-corrected chi connectivity index (χ4v) is 4.65. The molecule has 4 aromatic rings. The molecule has 176 valence electrons. The van der Waals surface area contributed by atoms with Crippen molar-refractivity contribution < 1.29 is 14.7 Å². The molecule has 1 aliphatic carbocycles. The van der Waals surface area contributed by atoms with Crippen molar-refractivity contribution in [1.82, 2.24) is 10.8 Å². The number of nitrogens with one attached hydrogen (secondary N) is 2. The molecule has 35 heavy (non-hydrogen) atoms. The Labute approximate surface area is 205 Å². The number of benzene rings is 4. The van der Waals surface area contributed by atoms with Crippen molar-refractivity contribution in [3.8, 4) is 5.75 Å². The second kappa shape index (κ2) is 10.6. The Morgan fingerprint density at radius 1 is 0.886 bits per heavy atom. The zero-order valence-corrected chi connectivity index (χ0v) is 19.4. The normalized spacial score (nSPS) is 13.6. The van der Waals surface area contributed by atoms with Crippen molar-refractivity contribution in [2.75, 3.05) is 13.2 Å². The molecule has 0 atom stereocenters. The Kier molecular flexibility index (Phi) is 6.89. The van der Waals surface area contributed by atoms with E-state index >= 15 is 0 Å². The molecule has 3 N–H and O–H groups in total. The van der Waals surface area contributed by atoms with Gasteiger partial charge in [0.05, 0.1) is 0 Å². The number of ether oxygens (including phenoxy) is 1. The lowest BCUT2D eigenvalue weighted by Gasteiger charge is -2.16. The average Bonchev–Trinajstić information content (AvgIpc) is 3.33. The first-order valence-electron chi connectivity index (χ1n) is 11.8. The van der Waals surface area contributed by atoms with Gasteiger partial charge in [0.15, 0.2) is 0 Å². The number of hydrogen-bond acceptors (Lipinski definition) is 4. The van der Waals surface area contributed by atoms with Gasteiger partial charge >= 0.3 is 0 Å². The van der Waals surface area contributed by atoms with Gasteiger partial charge in [-0.25, -0.2) is 5.48 Å². The SMILES string of the molecule is O=C(NO)c1ccc(/C=C(\CNC2Cc3ccccc3C2)COc2cccc3ccccc23)cc1. The molecule has 0 spiro atoms. The minimum atomic E-state index is -0.525. The number of fused-ring (bicyclic) bond motifs is 2. The summed E-state index contributed by atoms with van der Waals surface area (Å²) in [5, 5.41) is 14.8. The second-order valence-corrected chi connectivity index (χ2v) is 8.89. The van der Waals surface area contributed by atoms with Gasteiger partial charge in [-0.05, 0) is 58.7 Å². The first-order chi connectivity index (χ1) is 17.2. The molecular weight excluding hydrogens is 436 g/mol. The van der Waals surface area contributed by atoms with Crippen molar-refractivity contribution in [1.29, 1.82) is 0 Å². The molecule has 5 rings (SSSR count). The summed E-state index contributed by atoms with van der Waals surface area (Å²) in [6, 6.07) is 30.5. The lowest BCUT2D eigenvalue weighted by Crippen LogP contribution is -2.32. The summed E-state index contributed by atoms with van der Waals surface area (Å²) < 4.78 is 6.30. The van der Waals surface area contributed by atoms with Crippen LogP contribution in [0.4, 0.5) is 0 Å². The van der Waals surface area contributed by atoms with Gasteiger partial charge in [0.25, 0.3) is 5.91 Å². The third kappa shape index (κ3) is 5.43. The van der Waals surface area contributed by atoms with Gasteiger partial charge in [0.2, 0.25) is 0 Å². The van der Waals surface area contributed by atoms with Crippen LogP contribution in [0.1, 0.15) is 27.0 Å². The Hall–Kier alpha value is -3.93. The van der Waals surface area contributed by atoms with Gasteiger partial charge in [0.1, 0.15) is 12.4 Å². The van der Waals surface area contributed by atoms with E-state index < -0.39 is 5.91 Å². The zero-order valence-electron chi connectivity index (χ0n) is 19.4. The van der Waals surface area contributed by atoms with Crippen LogP contribution in [0, 0.1) is 0 Å². The molecule has 0 fully saturated rings. The molecule has 0 unspecified atom stereocenters. The molecule has 0 aromatic heterocycles. The van der Waals surface area contributed by atoms with Gasteiger partial charge in [0, 0.05) is 23.5 Å². The maximum Gasteiger partial charge on any atom is 0.274 e. The van der Waals surface area contributed by atoms with Crippen LogP contribution in [0.15, 0.2) is 96.6 Å². The maximum absolute atomic E-state index is 11.6. The van der Waals surface area contributed by atoms with Gasteiger partial charge in [-0.1, -0.05) is 78.9 Å². The van der Waals surface area contributed by atoms with Crippen LogP contribution in [-0.2, 0) is 12.8 Å². The molecule has 4 aromatic carbocycles. The van der Waals surface area contributed by atoms with E-state index in [9.17, 15) is 4.79 Å². The molecule has 5 heteroatoms. The highest BCUT2D eigenvalue weighted by molar-refractivity contribution is 5.93. The van der Waals surface area contributed by atoms with Crippen LogP contribution < -0.4 is 15.5 Å². The van der Waals surface area contributed by atoms with E-state index in [1.807, 2.05) is 36.4 Å². The first kappa shape index (κ1) is 22.8. The molecule has 1 amide bonds. The predicted molar refractivity (Wildman–Crippen MR) is 139 cm³/mol. The topological polar surface area (TPSA) is 70.6 Å². The first-order valence-corrected chi connectivity index (χ1v) is 11.8. The molecule has 5 nitrogen and oxygen atoms in total. The van der Waals surface area contributed by atoms with Crippen LogP contribution in [0.25, 0.3) is 16.8 Å². The highest BCUT2D eigenvalue weighted by Crippen LogP contribution is 2.26. The summed E-state index contributed by atoms with van der Waals surface area (Å²) in [4.78, 5) is 11.6. The average molecular weight is 465 g/mol. The number of carbonyl (C=O) groups is 1. The predicted octanol–water partition coefficient (Wildman–Crippen LogP) is 5.18. The summed E-state index contributed by atoms with van der Waals surface area (Å²) in [5.41, 5.74) is 6.98. The monoisotopic (exact) mass is 464 g/mol. The van der Waals surface area contributed by atoms with E-state index in [1.54, 1.807) is 17.6 Å². The zero-order chi connectivity index (χ0) is 24.0. The molecule has 0 saturated carbocycles. The van der Waals surface area contributed by atoms with Gasteiger partial charge in [-0.2, -0.15) is 0 Å². The van der Waals surface area contributed by atoms with Crippen molar-refractivity contribution >= 4 is 22.8 Å². The lowest BCUT2D eigenvalue weighted by atomic mass is 10.1. The second-order valence-electron chi connectivity index (χ2n) is 8.89. The highest BCUT2D eigenvalue weighted by Gasteiger charge is 2.20. The number of hydrogen-bond donors (Lipinski definition) is 3. The minimum absolute atomic E-state index is 0.393. The molecular formula is C30H28N2O3. The van der Waals surface area contributed by atoms with E-state index in [1.165, 1.54) is 11.1 Å². The Morgan fingerprint density at radius 2 is 1.57 bits per heavy atom. The fourth-order valence-electron chi connectivity index (χ4n) is 4.65. The Morgan fingerprint density at radius 3 is 2.31 bits per heavy atom. The largest absolute Gasteiger partial charge is 0.489 e. The number of carbonyl (C=O) groups excluding carboxylic acids is 1. The van der Waals surface area contributed by atoms with E-state index in [0.717, 1.165) is 40.5 Å². The van der Waals surface area contributed by atoms with Crippen molar-refractivity contribution in [2.45, 2.75) is 18.9 Å². The third-order valence-corrected chi connectivity index (χ3v) is 6.48. The fraction of sp³-hybridized carbons (Fsp3) is 0.167. The van der Waals surface area contributed by atoms with Crippen LogP contribution in [0.5, 0.6) is 5.75 Å². The molecule has 1 aliphatic rings. The van der Waals surface area contributed by atoms with Crippen molar-refractivity contribution in [2.24, 2.45) is 0 Å². The summed E-state index contributed by atoms with van der Waals surface area (Å²) >= 11 is 0. The van der Waals surface area contributed by atoms with Crippen molar-refractivity contribution in [3.05, 3.63) is 119 Å². The summed E-state index contributed by atoms with van der Waals surface area (Å²) in [5.74, 6) is 0.333. The third-order valence-electron chi connectivity index (χ3n) is 6.48. The summed E-state index contributed by atoms with van der Waals surface area (Å²) in [6.45, 7) is 1.14. The van der Waals surface area contributed by atoms with Crippen LogP contribution >= 0.6 is 0 Å². The Bertz CT molecular complexity index is 1330. The molecule has 0 heterocycles. The van der Waals surface area contributed by atoms with Crippen LogP contribution in [0.3, 0.4) is 0 Å². The molecule has 0 bridgehead atoms. The molecule has 0 aliphatic heterocycles. The van der Waals surface area contributed by atoms with E-state index in [-0.39, 0.29) is 0 Å². The highest BCUT2D eigenvalue weighted by atomic mass is 16.5. The summed E-state index contributed by atoms with van der Waals surface area (Å²) in [6.07, 6.45) is 4.15. The van der Waals surface area contributed by atoms with Crippen LogP contribution in [0.2, 0.25) is 0 Å². The standard InChI is InChI=1S/C30H28N2O3/c33-30(32-34)24-14-12-21(13-15-24)16-22(19-31-27-17-25-7-1-2-8-26(25)18-27)20-35-29-11-5-9-23-6-3-4-10-28(23)29/h1-16,27,31,34H,17-20H2,(H,32,33)/b22-16+. The van der Waals surface area contributed by atoms with Crippen LogP contribution in [-0.4, -0.2) is 30.3 Å². The van der Waals surface area contributed by atoms with Gasteiger partial charge < -0.3 is 10.1 Å². The smallest absolute Gasteiger partial charge is 0.274 e. The number of hydroxylamine groups is 1. The molecule has 0 saturated heterocycles. The van der Waals surface area contributed by atoms with E-state index in [4.69, 9.17) is 9.94 Å². The van der Waals surface area contributed by atoms with E-state index in [0.29, 0.717) is 24.8 Å². The number of rotatable bonds is 8.